The van der Waals surface area contributed by atoms with Crippen molar-refractivity contribution in [1.29, 1.82) is 0 Å². The molecule has 0 amide bonds. The summed E-state index contributed by atoms with van der Waals surface area (Å²) in [4.78, 5) is 7.02. The molecule has 112 valence electrons. The molecule has 1 saturated heterocycles. The Labute approximate surface area is 136 Å². The largest absolute Gasteiger partial charge is 0.357 e. The minimum absolute atomic E-state index is 0. The average Bonchev–Trinajstić information content (AvgIpc) is 2.34. The van der Waals surface area contributed by atoms with Gasteiger partial charge in [-0.3, -0.25) is 0 Å². The number of guanidine groups is 1. The van der Waals surface area contributed by atoms with E-state index in [-0.39, 0.29) is 24.0 Å². The fourth-order valence-corrected chi connectivity index (χ4v) is 2.88. The van der Waals surface area contributed by atoms with Gasteiger partial charge in [-0.05, 0) is 31.6 Å². The molecule has 0 saturated carbocycles. The Morgan fingerprint density at radius 2 is 2.21 bits per heavy atom. The molecule has 3 nitrogen and oxygen atoms in total. The first kappa shape index (κ1) is 18.7. The van der Waals surface area contributed by atoms with Gasteiger partial charge in [0.15, 0.2) is 5.96 Å². The molecule has 0 spiro atoms. The van der Waals surface area contributed by atoms with Crippen LogP contribution in [0.3, 0.4) is 0 Å². The number of likely N-dealkylation sites (tertiary alicyclic amines) is 1. The number of nitrogens with one attached hydrogen (secondary N) is 1. The maximum Gasteiger partial charge on any atom is 0.194 e. The highest BCUT2D eigenvalue weighted by Crippen LogP contribution is 2.33. The van der Waals surface area contributed by atoms with Crippen molar-refractivity contribution in [2.24, 2.45) is 10.4 Å². The Balaban J connectivity index is 0.00000324. The maximum atomic E-state index is 4.59. The van der Waals surface area contributed by atoms with Crippen molar-refractivity contribution in [3.05, 3.63) is 12.7 Å². The first-order valence-electron chi connectivity index (χ1n) is 7.29. The topological polar surface area (TPSA) is 27.6 Å². The van der Waals surface area contributed by atoms with Crippen LogP contribution in [0.1, 0.15) is 46.5 Å². The van der Waals surface area contributed by atoms with E-state index >= 15 is 0 Å². The average molecular weight is 379 g/mol. The van der Waals surface area contributed by atoms with Crippen molar-refractivity contribution in [1.82, 2.24) is 10.2 Å². The third kappa shape index (κ3) is 6.15. The summed E-state index contributed by atoms with van der Waals surface area (Å²) < 4.78 is 0. The minimum atomic E-state index is 0. The van der Waals surface area contributed by atoms with E-state index in [0.29, 0.717) is 12.0 Å². The standard InChI is InChI=1S/C15H29N3.HI/c1-5-9-15(4)10-8-12-18(13-15)14(16-7-3)17-11-6-2;/h6H,2,5,7-13H2,1,3-4H3,(H,16,17);1H. The summed E-state index contributed by atoms with van der Waals surface area (Å²) in [7, 11) is 0. The second-order valence-corrected chi connectivity index (χ2v) is 5.57. The SMILES string of the molecule is C=CCN=C(NCC)N1CCCC(C)(CCC)C1.I. The molecule has 0 bridgehead atoms. The van der Waals surface area contributed by atoms with E-state index in [2.05, 4.69) is 42.6 Å². The van der Waals surface area contributed by atoms with Crippen LogP contribution in [0.2, 0.25) is 0 Å². The molecule has 4 heteroatoms. The second kappa shape index (κ2) is 9.61. The lowest BCUT2D eigenvalue weighted by Crippen LogP contribution is -2.49. The van der Waals surface area contributed by atoms with E-state index < -0.39 is 0 Å². The van der Waals surface area contributed by atoms with Crippen molar-refractivity contribution in [3.8, 4) is 0 Å². The van der Waals surface area contributed by atoms with Crippen LogP contribution in [0.5, 0.6) is 0 Å². The highest BCUT2D eigenvalue weighted by atomic mass is 127. The Hall–Kier alpha value is -0.260. The predicted molar refractivity (Wildman–Crippen MR) is 95.4 cm³/mol. The highest BCUT2D eigenvalue weighted by molar-refractivity contribution is 14.0. The molecule has 1 heterocycles. The fraction of sp³-hybridized carbons (Fsp3) is 0.800. The van der Waals surface area contributed by atoms with Crippen molar-refractivity contribution >= 4 is 29.9 Å². The van der Waals surface area contributed by atoms with Gasteiger partial charge in [-0.15, -0.1) is 30.6 Å². The van der Waals surface area contributed by atoms with Gasteiger partial charge in [0, 0.05) is 19.6 Å². The molecular formula is C15H30IN3. The molecule has 0 aliphatic carbocycles. The molecule has 1 aliphatic rings. The molecule has 0 aromatic carbocycles. The summed E-state index contributed by atoms with van der Waals surface area (Å²) in [6.45, 7) is 14.4. The van der Waals surface area contributed by atoms with Crippen LogP contribution in [0.15, 0.2) is 17.6 Å². The lowest BCUT2D eigenvalue weighted by Gasteiger charge is -2.42. The number of hydrogen-bond acceptors (Lipinski definition) is 1. The summed E-state index contributed by atoms with van der Waals surface area (Å²) in [6, 6.07) is 0. The predicted octanol–water partition coefficient (Wildman–Crippen LogP) is 3.66. The number of hydrogen-bond donors (Lipinski definition) is 1. The van der Waals surface area contributed by atoms with Crippen molar-refractivity contribution < 1.29 is 0 Å². The van der Waals surface area contributed by atoms with Crippen LogP contribution in [0.4, 0.5) is 0 Å². The van der Waals surface area contributed by atoms with E-state index in [4.69, 9.17) is 0 Å². The summed E-state index contributed by atoms with van der Waals surface area (Å²) >= 11 is 0. The first-order chi connectivity index (χ1) is 8.65. The monoisotopic (exact) mass is 379 g/mol. The van der Waals surface area contributed by atoms with Crippen LogP contribution in [-0.4, -0.2) is 37.0 Å². The third-order valence-corrected chi connectivity index (χ3v) is 3.64. The van der Waals surface area contributed by atoms with Crippen LogP contribution in [-0.2, 0) is 0 Å². The number of nitrogens with zero attached hydrogens (tertiary/aromatic N) is 2. The van der Waals surface area contributed by atoms with Gasteiger partial charge in [0.05, 0.1) is 6.54 Å². The Kier molecular flexibility index (Phi) is 9.48. The van der Waals surface area contributed by atoms with Gasteiger partial charge in [-0.25, -0.2) is 4.99 Å². The molecule has 1 aliphatic heterocycles. The lowest BCUT2D eigenvalue weighted by molar-refractivity contribution is 0.142. The molecule has 0 aromatic heterocycles. The van der Waals surface area contributed by atoms with Gasteiger partial charge in [0.2, 0.25) is 0 Å². The van der Waals surface area contributed by atoms with Crippen molar-refractivity contribution in [2.75, 3.05) is 26.2 Å². The van der Waals surface area contributed by atoms with Crippen LogP contribution in [0, 0.1) is 5.41 Å². The number of halogens is 1. The minimum Gasteiger partial charge on any atom is -0.357 e. The van der Waals surface area contributed by atoms with E-state index in [9.17, 15) is 0 Å². The van der Waals surface area contributed by atoms with Crippen LogP contribution >= 0.6 is 24.0 Å². The molecule has 1 atom stereocenters. The zero-order valence-corrected chi connectivity index (χ0v) is 15.1. The van der Waals surface area contributed by atoms with Gasteiger partial charge >= 0.3 is 0 Å². The zero-order chi connectivity index (χ0) is 13.4. The highest BCUT2D eigenvalue weighted by Gasteiger charge is 2.31. The second-order valence-electron chi connectivity index (χ2n) is 5.57. The van der Waals surface area contributed by atoms with E-state index in [1.54, 1.807) is 0 Å². The van der Waals surface area contributed by atoms with Gasteiger partial charge < -0.3 is 10.2 Å². The molecule has 1 unspecified atom stereocenters. The number of aliphatic imine (C=N–C) groups is 1. The molecule has 1 N–H and O–H groups in total. The van der Waals surface area contributed by atoms with Crippen molar-refractivity contribution in [3.63, 3.8) is 0 Å². The van der Waals surface area contributed by atoms with Crippen molar-refractivity contribution in [2.45, 2.75) is 46.5 Å². The van der Waals surface area contributed by atoms with Gasteiger partial charge in [0.25, 0.3) is 0 Å². The molecule has 1 fully saturated rings. The summed E-state index contributed by atoms with van der Waals surface area (Å²) in [6.07, 6.45) is 7.05. The molecular weight excluding hydrogens is 349 g/mol. The van der Waals surface area contributed by atoms with Crippen LogP contribution < -0.4 is 5.32 Å². The Morgan fingerprint density at radius 1 is 1.47 bits per heavy atom. The van der Waals surface area contributed by atoms with E-state index in [1.807, 2.05) is 6.08 Å². The Morgan fingerprint density at radius 3 is 2.79 bits per heavy atom. The fourth-order valence-electron chi connectivity index (χ4n) is 2.88. The normalized spacial score (nSPS) is 23.7. The van der Waals surface area contributed by atoms with Gasteiger partial charge in [-0.1, -0.05) is 26.3 Å². The molecule has 0 aromatic rings. The maximum absolute atomic E-state index is 4.59. The third-order valence-electron chi connectivity index (χ3n) is 3.64. The Bertz CT molecular complexity index is 287. The number of rotatable bonds is 5. The molecule has 1 rings (SSSR count). The van der Waals surface area contributed by atoms with Gasteiger partial charge in [-0.2, -0.15) is 0 Å². The smallest absolute Gasteiger partial charge is 0.194 e. The summed E-state index contributed by atoms with van der Waals surface area (Å²) in [5, 5.41) is 3.40. The lowest BCUT2D eigenvalue weighted by atomic mass is 9.78. The quantitative estimate of drug-likeness (QED) is 0.342. The zero-order valence-electron chi connectivity index (χ0n) is 12.7. The number of piperidine rings is 1. The molecule has 19 heavy (non-hydrogen) atoms. The van der Waals surface area contributed by atoms with Gasteiger partial charge in [0.1, 0.15) is 0 Å². The molecule has 0 radical (unpaired) electrons. The first-order valence-corrected chi connectivity index (χ1v) is 7.29. The van der Waals surface area contributed by atoms with Crippen LogP contribution in [0.25, 0.3) is 0 Å². The van der Waals surface area contributed by atoms with E-state index in [1.165, 1.54) is 25.7 Å². The summed E-state index contributed by atoms with van der Waals surface area (Å²) in [5.41, 5.74) is 0.456. The summed E-state index contributed by atoms with van der Waals surface area (Å²) in [5.74, 6) is 1.06. The van der Waals surface area contributed by atoms with E-state index in [0.717, 1.165) is 25.6 Å².